The van der Waals surface area contributed by atoms with Crippen LogP contribution in [0.4, 0.5) is 5.69 Å². The van der Waals surface area contributed by atoms with Crippen LogP contribution in [0.25, 0.3) is 0 Å². The van der Waals surface area contributed by atoms with Gasteiger partial charge in [0.1, 0.15) is 0 Å². The summed E-state index contributed by atoms with van der Waals surface area (Å²) < 4.78 is 29.8. The van der Waals surface area contributed by atoms with Crippen molar-refractivity contribution < 1.29 is 13.2 Å². The minimum atomic E-state index is -3.95. The highest BCUT2D eigenvalue weighted by atomic mass is 35.5. The zero-order valence-corrected chi connectivity index (χ0v) is 18.2. The van der Waals surface area contributed by atoms with Crippen LogP contribution >= 0.6 is 11.6 Å². The third-order valence-corrected chi connectivity index (χ3v) is 7.03. The van der Waals surface area contributed by atoms with Crippen LogP contribution in [0.5, 0.6) is 0 Å². The summed E-state index contributed by atoms with van der Waals surface area (Å²) in [4.78, 5) is 18.4. The first-order chi connectivity index (χ1) is 14.3. The van der Waals surface area contributed by atoms with Gasteiger partial charge in [-0.2, -0.15) is 8.42 Å². The summed E-state index contributed by atoms with van der Waals surface area (Å²) in [6.07, 6.45) is 2.90. The lowest BCUT2D eigenvalue weighted by Gasteiger charge is -2.24. The minimum Gasteiger partial charge on any atom is -0.339 e. The third-order valence-electron chi connectivity index (χ3n) is 5.12. The molecular formula is C21H21ClN4O3S. The van der Waals surface area contributed by atoms with Crippen molar-refractivity contribution in [3.63, 3.8) is 0 Å². The number of carbonyl (C=O) groups is 1. The van der Waals surface area contributed by atoms with Crippen molar-refractivity contribution in [2.75, 3.05) is 10.8 Å². The molecule has 156 valence electrons. The molecule has 0 fully saturated rings. The van der Waals surface area contributed by atoms with Gasteiger partial charge in [-0.1, -0.05) is 29.8 Å². The van der Waals surface area contributed by atoms with Crippen molar-refractivity contribution in [1.82, 2.24) is 14.5 Å². The van der Waals surface area contributed by atoms with Gasteiger partial charge in [0.05, 0.1) is 18.6 Å². The van der Waals surface area contributed by atoms with E-state index in [0.29, 0.717) is 29.4 Å². The molecule has 0 saturated carbocycles. The Bertz CT molecular complexity index is 1210. The average molecular weight is 445 g/mol. The Morgan fingerprint density at radius 1 is 1.17 bits per heavy atom. The van der Waals surface area contributed by atoms with Gasteiger partial charge in [0, 0.05) is 36.9 Å². The Morgan fingerprint density at radius 2 is 1.90 bits per heavy atom. The number of anilines is 1. The van der Waals surface area contributed by atoms with Gasteiger partial charge in [-0.3, -0.25) is 9.10 Å². The van der Waals surface area contributed by atoms with Crippen LogP contribution in [0, 0.1) is 0 Å². The van der Waals surface area contributed by atoms with Crippen LogP contribution in [-0.4, -0.2) is 35.3 Å². The second-order valence-electron chi connectivity index (χ2n) is 7.18. The van der Waals surface area contributed by atoms with Crippen LogP contribution in [0.2, 0.25) is 5.02 Å². The van der Waals surface area contributed by atoms with Crippen LogP contribution in [-0.2, 0) is 30.2 Å². The fourth-order valence-electron chi connectivity index (χ4n) is 3.47. The zero-order valence-electron chi connectivity index (χ0n) is 16.6. The molecular weight excluding hydrogens is 424 g/mol. The maximum atomic E-state index is 13.4. The quantitative estimate of drug-likeness (QED) is 0.583. The van der Waals surface area contributed by atoms with E-state index in [4.69, 9.17) is 11.6 Å². The lowest BCUT2D eigenvalue weighted by atomic mass is 10.1. The molecule has 0 radical (unpaired) electrons. The van der Waals surface area contributed by atoms with E-state index in [1.54, 1.807) is 52.9 Å². The first kappa shape index (κ1) is 20.4. The van der Waals surface area contributed by atoms with Gasteiger partial charge in [-0.15, -0.1) is 0 Å². The highest BCUT2D eigenvalue weighted by Crippen LogP contribution is 2.31. The summed E-state index contributed by atoms with van der Waals surface area (Å²) in [5.41, 5.74) is 2.61. The van der Waals surface area contributed by atoms with Gasteiger partial charge in [-0.05, 0) is 42.3 Å². The van der Waals surface area contributed by atoms with E-state index in [2.05, 4.69) is 4.98 Å². The van der Waals surface area contributed by atoms with Gasteiger partial charge in [0.15, 0.2) is 5.03 Å². The molecule has 0 bridgehead atoms. The smallest absolute Gasteiger partial charge is 0.283 e. The van der Waals surface area contributed by atoms with E-state index in [-0.39, 0.29) is 17.5 Å². The molecule has 1 aliphatic heterocycles. The number of sulfonamides is 1. The topological polar surface area (TPSA) is 75.5 Å². The highest BCUT2D eigenvalue weighted by molar-refractivity contribution is 7.92. The second kappa shape index (κ2) is 7.77. The molecule has 0 atom stereocenters. The van der Waals surface area contributed by atoms with Crippen molar-refractivity contribution in [2.45, 2.75) is 25.0 Å². The van der Waals surface area contributed by atoms with Gasteiger partial charge < -0.3 is 9.47 Å². The number of hydrogen-bond donors (Lipinski definition) is 0. The number of amides is 1. The van der Waals surface area contributed by atoms with E-state index in [9.17, 15) is 13.2 Å². The number of aryl methyl sites for hydroxylation is 1. The Balaban J connectivity index is 1.79. The Hall–Kier alpha value is -2.84. The summed E-state index contributed by atoms with van der Waals surface area (Å²) in [5, 5.41) is 0.515. The first-order valence-electron chi connectivity index (χ1n) is 9.47. The lowest BCUT2D eigenvalue weighted by molar-refractivity contribution is 0.0787. The minimum absolute atomic E-state index is 0.0547. The summed E-state index contributed by atoms with van der Waals surface area (Å²) >= 11 is 5.97. The van der Waals surface area contributed by atoms with Crippen molar-refractivity contribution in [3.8, 4) is 0 Å². The molecule has 1 aromatic heterocycles. The number of hydrogen-bond acceptors (Lipinski definition) is 4. The van der Waals surface area contributed by atoms with Crippen LogP contribution in [0.1, 0.15) is 28.4 Å². The molecule has 7 nitrogen and oxygen atoms in total. The fraction of sp³-hybridized carbons (Fsp3) is 0.238. The van der Waals surface area contributed by atoms with E-state index < -0.39 is 10.0 Å². The van der Waals surface area contributed by atoms with E-state index in [1.807, 2.05) is 13.0 Å². The maximum absolute atomic E-state index is 13.4. The summed E-state index contributed by atoms with van der Waals surface area (Å²) in [5.74, 6) is -0.0870. The molecule has 0 spiro atoms. The molecule has 2 aromatic carbocycles. The van der Waals surface area contributed by atoms with Gasteiger partial charge >= 0.3 is 0 Å². The summed E-state index contributed by atoms with van der Waals surface area (Å²) in [6, 6.07) is 12.2. The SMILES string of the molecule is CCN1Cc2ccc(N(Cc3ccc(Cl)cc3)S(=O)(=O)c3cn(C)cn3)cc2C1=O. The molecule has 0 aliphatic carbocycles. The number of aromatic nitrogens is 2. The number of carbonyl (C=O) groups excluding carboxylic acids is 1. The molecule has 1 amide bonds. The first-order valence-corrected chi connectivity index (χ1v) is 11.3. The van der Waals surface area contributed by atoms with Crippen molar-refractivity contribution in [2.24, 2.45) is 7.05 Å². The van der Waals surface area contributed by atoms with Crippen LogP contribution in [0.3, 0.4) is 0 Å². The zero-order chi connectivity index (χ0) is 21.5. The monoisotopic (exact) mass is 444 g/mol. The molecule has 30 heavy (non-hydrogen) atoms. The number of fused-ring (bicyclic) bond motifs is 1. The predicted octanol–water partition coefficient (Wildman–Crippen LogP) is 3.44. The maximum Gasteiger partial charge on any atom is 0.283 e. The van der Waals surface area contributed by atoms with Crippen molar-refractivity contribution >= 4 is 33.2 Å². The van der Waals surface area contributed by atoms with Crippen LogP contribution < -0.4 is 4.31 Å². The van der Waals surface area contributed by atoms with Crippen molar-refractivity contribution in [1.29, 1.82) is 0 Å². The second-order valence-corrected chi connectivity index (χ2v) is 9.42. The molecule has 0 N–H and O–H groups in total. The molecule has 4 rings (SSSR count). The number of benzene rings is 2. The standard InChI is InChI=1S/C21H21ClN4O3S/c1-3-25-12-16-6-9-18(10-19(16)21(25)27)26(11-15-4-7-17(22)8-5-15)30(28,29)20-13-24(2)14-23-20/h4-10,13-14H,3,11-12H2,1-2H3. The fourth-order valence-corrected chi connectivity index (χ4v) is 5.01. The number of rotatable bonds is 6. The summed E-state index contributed by atoms with van der Waals surface area (Å²) in [7, 11) is -2.24. The molecule has 2 heterocycles. The summed E-state index contributed by atoms with van der Waals surface area (Å²) in [6.45, 7) is 3.14. The normalized spacial score (nSPS) is 13.6. The molecule has 0 unspecified atom stereocenters. The van der Waals surface area contributed by atoms with E-state index >= 15 is 0 Å². The van der Waals surface area contributed by atoms with Gasteiger partial charge in [0.2, 0.25) is 0 Å². The third kappa shape index (κ3) is 3.68. The molecule has 9 heteroatoms. The Labute approximate surface area is 180 Å². The molecule has 0 saturated heterocycles. The van der Waals surface area contributed by atoms with Crippen molar-refractivity contribution in [3.05, 3.63) is 76.7 Å². The van der Waals surface area contributed by atoms with Crippen LogP contribution in [0.15, 0.2) is 60.0 Å². The van der Waals surface area contributed by atoms with E-state index in [0.717, 1.165) is 11.1 Å². The lowest BCUT2D eigenvalue weighted by Crippen LogP contribution is -2.31. The number of imidazole rings is 1. The number of nitrogens with zero attached hydrogens (tertiary/aromatic N) is 4. The Morgan fingerprint density at radius 3 is 2.53 bits per heavy atom. The molecule has 3 aromatic rings. The largest absolute Gasteiger partial charge is 0.339 e. The van der Waals surface area contributed by atoms with E-state index in [1.165, 1.54) is 16.8 Å². The number of halogens is 1. The predicted molar refractivity (Wildman–Crippen MR) is 115 cm³/mol. The Kier molecular flexibility index (Phi) is 5.29. The average Bonchev–Trinajstić information content (AvgIpc) is 3.31. The van der Waals surface area contributed by atoms with Gasteiger partial charge in [0.25, 0.3) is 15.9 Å². The van der Waals surface area contributed by atoms with Gasteiger partial charge in [-0.25, -0.2) is 4.98 Å². The molecule has 1 aliphatic rings. The highest BCUT2D eigenvalue weighted by Gasteiger charge is 2.31.